The highest BCUT2D eigenvalue weighted by atomic mass is 16.3. The molecule has 10 aromatic rings. The Morgan fingerprint density at radius 1 is 0.345 bits per heavy atom. The molecule has 272 valence electrons. The molecule has 3 nitrogen and oxygen atoms in total. The molecule has 0 bridgehead atoms. The van der Waals surface area contributed by atoms with Gasteiger partial charge in [-0.05, 0) is 129 Å². The van der Waals surface area contributed by atoms with Crippen LogP contribution in [-0.2, 0) is 5.41 Å². The number of hydrogen-bond acceptors (Lipinski definition) is 3. The lowest BCUT2D eigenvalue weighted by Crippen LogP contribution is -2.26. The van der Waals surface area contributed by atoms with Crippen LogP contribution in [-0.4, -0.2) is 0 Å². The number of nitrogens with zero attached hydrogens (tertiary/aromatic N) is 2. The second-order valence-corrected chi connectivity index (χ2v) is 14.9. The van der Waals surface area contributed by atoms with Crippen LogP contribution in [0.5, 0.6) is 0 Å². The van der Waals surface area contributed by atoms with Gasteiger partial charge in [0.1, 0.15) is 11.2 Å². The van der Waals surface area contributed by atoms with E-state index in [9.17, 15) is 2.74 Å². The van der Waals surface area contributed by atoms with Crippen LogP contribution in [0.2, 0.25) is 0 Å². The van der Waals surface area contributed by atoms with Gasteiger partial charge in [0.15, 0.2) is 0 Å². The number of furan rings is 1. The van der Waals surface area contributed by atoms with Crippen molar-refractivity contribution in [2.45, 2.75) is 5.41 Å². The first-order valence-corrected chi connectivity index (χ1v) is 19.5. The molecule has 1 aromatic heterocycles. The van der Waals surface area contributed by atoms with Crippen LogP contribution in [0.1, 0.15) is 29.1 Å². The van der Waals surface area contributed by atoms with Crippen LogP contribution in [0.3, 0.4) is 0 Å². The van der Waals surface area contributed by atoms with Crippen molar-refractivity contribution >= 4 is 56.1 Å². The molecule has 1 heterocycles. The highest BCUT2D eigenvalue weighted by molar-refractivity contribution is 6.07. The van der Waals surface area contributed by atoms with E-state index < -0.39 is 23.5 Å². The maximum Gasteiger partial charge on any atom is 0.135 e. The van der Waals surface area contributed by atoms with Gasteiger partial charge >= 0.3 is 0 Å². The standard InChI is InChI=1S/C55H36N2O/c1-4-16-37(17-5-1)56(38-18-6-2-7-19-38)41-28-31-45-43-22-10-13-25-49(43)55(51(45)35-41)50-26-14-11-23-44(50)46-32-29-42(36-52(46)55)57(39-20-8-3-9-21-39)40-30-33-54-48(34-40)47-24-12-15-27-53(47)58-54/h1-36H/i3D,8D,9D,20D,21D. The number of fused-ring (bicyclic) bond motifs is 13. The zero-order chi connectivity index (χ0) is 42.6. The van der Waals surface area contributed by atoms with E-state index in [0.29, 0.717) is 17.0 Å². The highest BCUT2D eigenvalue weighted by Crippen LogP contribution is 2.64. The lowest BCUT2D eigenvalue weighted by Gasteiger charge is -2.33. The summed E-state index contributed by atoms with van der Waals surface area (Å²) < 4.78 is 51.0. The van der Waals surface area contributed by atoms with Crippen molar-refractivity contribution in [1.29, 1.82) is 0 Å². The largest absolute Gasteiger partial charge is 0.456 e. The van der Waals surface area contributed by atoms with Crippen molar-refractivity contribution in [3.8, 4) is 22.3 Å². The SMILES string of the molecule is [2H]c1c([2H])c([2H])c(N(c2ccc3c(c2)C2(c4ccccc4-c4ccc(N(c5ccccc5)c5ccccc5)cc42)c2ccccc2-3)c2ccc3oc4ccccc4c3c2)c([2H])c1[2H]. The van der Waals surface area contributed by atoms with E-state index in [1.54, 1.807) is 0 Å². The molecule has 2 aliphatic carbocycles. The Balaban J connectivity index is 1.15. The summed E-state index contributed by atoms with van der Waals surface area (Å²) in [6, 6.07) is 63.1. The van der Waals surface area contributed by atoms with Crippen LogP contribution in [0, 0.1) is 0 Å². The second-order valence-electron chi connectivity index (χ2n) is 14.9. The fourth-order valence-corrected chi connectivity index (χ4v) is 9.61. The van der Waals surface area contributed by atoms with Crippen LogP contribution >= 0.6 is 0 Å². The zero-order valence-corrected chi connectivity index (χ0v) is 31.2. The van der Waals surface area contributed by atoms with Gasteiger partial charge in [0, 0.05) is 44.9 Å². The molecule has 9 aromatic carbocycles. The van der Waals surface area contributed by atoms with E-state index in [-0.39, 0.29) is 17.8 Å². The third-order valence-corrected chi connectivity index (χ3v) is 11.9. The molecule has 1 atom stereocenters. The molecular weight excluding hydrogens is 705 g/mol. The van der Waals surface area contributed by atoms with Crippen molar-refractivity contribution in [2.24, 2.45) is 0 Å². The Bertz CT molecular complexity index is 3410. The van der Waals surface area contributed by atoms with Gasteiger partial charge in [-0.15, -0.1) is 0 Å². The van der Waals surface area contributed by atoms with Crippen molar-refractivity contribution in [3.05, 3.63) is 241 Å². The predicted octanol–water partition coefficient (Wildman–Crippen LogP) is 14.9. The first kappa shape index (κ1) is 27.9. The molecule has 0 fully saturated rings. The fraction of sp³-hybridized carbons (Fsp3) is 0.0182. The van der Waals surface area contributed by atoms with Gasteiger partial charge in [0.25, 0.3) is 0 Å². The quantitative estimate of drug-likeness (QED) is 0.169. The highest BCUT2D eigenvalue weighted by Gasteiger charge is 2.52. The van der Waals surface area contributed by atoms with Gasteiger partial charge in [-0.2, -0.15) is 0 Å². The first-order chi connectivity index (χ1) is 30.8. The van der Waals surface area contributed by atoms with Crippen LogP contribution in [0.4, 0.5) is 34.1 Å². The van der Waals surface area contributed by atoms with Gasteiger partial charge in [0.2, 0.25) is 0 Å². The fourth-order valence-electron chi connectivity index (χ4n) is 9.61. The van der Waals surface area contributed by atoms with E-state index in [4.69, 9.17) is 8.53 Å². The number of anilines is 6. The van der Waals surface area contributed by atoms with Crippen molar-refractivity contribution in [2.75, 3.05) is 9.80 Å². The monoisotopic (exact) mass is 745 g/mol. The molecule has 3 heteroatoms. The van der Waals surface area contributed by atoms with E-state index in [0.717, 1.165) is 77.9 Å². The molecule has 0 N–H and O–H groups in total. The summed E-state index contributed by atoms with van der Waals surface area (Å²) in [6.45, 7) is 0. The Kier molecular flexibility index (Phi) is 6.11. The molecule has 1 unspecified atom stereocenters. The minimum absolute atomic E-state index is 0.0635. The smallest absolute Gasteiger partial charge is 0.135 e. The summed E-state index contributed by atoms with van der Waals surface area (Å²) >= 11 is 0. The molecule has 0 amide bonds. The summed E-state index contributed by atoms with van der Waals surface area (Å²) in [5.41, 5.74) is 14.1. The third kappa shape index (κ3) is 4.68. The van der Waals surface area contributed by atoms with Crippen molar-refractivity contribution in [3.63, 3.8) is 0 Å². The van der Waals surface area contributed by atoms with Gasteiger partial charge in [0.05, 0.1) is 12.3 Å². The maximum atomic E-state index is 9.31. The molecule has 58 heavy (non-hydrogen) atoms. The Hall–Kier alpha value is -7.62. The van der Waals surface area contributed by atoms with E-state index >= 15 is 0 Å². The molecule has 0 saturated carbocycles. The van der Waals surface area contributed by atoms with E-state index in [2.05, 4.69) is 132 Å². The van der Waals surface area contributed by atoms with Crippen LogP contribution < -0.4 is 9.80 Å². The lowest BCUT2D eigenvalue weighted by atomic mass is 9.70. The Labute approximate surface area is 344 Å². The zero-order valence-electron chi connectivity index (χ0n) is 36.2. The van der Waals surface area contributed by atoms with Gasteiger partial charge < -0.3 is 14.2 Å². The molecule has 0 saturated heterocycles. The minimum Gasteiger partial charge on any atom is -0.456 e. The lowest BCUT2D eigenvalue weighted by molar-refractivity contribution is 0.669. The van der Waals surface area contributed by atoms with Crippen molar-refractivity contribution in [1.82, 2.24) is 0 Å². The summed E-state index contributed by atoms with van der Waals surface area (Å²) in [5.74, 6) is 0. The summed E-state index contributed by atoms with van der Waals surface area (Å²) in [5, 5.41) is 1.78. The number of para-hydroxylation sites is 4. The van der Waals surface area contributed by atoms with Gasteiger partial charge in [-0.3, -0.25) is 0 Å². The van der Waals surface area contributed by atoms with E-state index in [1.165, 1.54) is 0 Å². The predicted molar refractivity (Wildman–Crippen MR) is 239 cm³/mol. The molecule has 0 radical (unpaired) electrons. The average molecular weight is 746 g/mol. The third-order valence-electron chi connectivity index (χ3n) is 11.9. The van der Waals surface area contributed by atoms with E-state index in [1.807, 2.05) is 65.6 Å². The molecule has 0 aliphatic heterocycles. The Morgan fingerprint density at radius 2 is 0.810 bits per heavy atom. The summed E-state index contributed by atoms with van der Waals surface area (Å²) in [4.78, 5) is 4.12. The normalized spacial score (nSPS) is 15.8. The Morgan fingerprint density at radius 3 is 1.43 bits per heavy atom. The second kappa shape index (κ2) is 12.7. The number of hydrogen-bond donors (Lipinski definition) is 0. The van der Waals surface area contributed by atoms with Crippen LogP contribution in [0.25, 0.3) is 44.2 Å². The summed E-state index contributed by atoms with van der Waals surface area (Å²) in [6.07, 6.45) is 0. The molecule has 2 aliphatic rings. The van der Waals surface area contributed by atoms with Crippen molar-refractivity contribution < 1.29 is 11.3 Å². The topological polar surface area (TPSA) is 19.6 Å². The number of benzene rings is 9. The molecular formula is C55H36N2O. The van der Waals surface area contributed by atoms with Crippen LogP contribution in [0.15, 0.2) is 223 Å². The molecule has 12 rings (SSSR count). The maximum absolute atomic E-state index is 9.31. The first-order valence-electron chi connectivity index (χ1n) is 22.0. The van der Waals surface area contributed by atoms with Gasteiger partial charge in [-0.25, -0.2) is 0 Å². The summed E-state index contributed by atoms with van der Waals surface area (Å²) in [7, 11) is 0. The minimum atomic E-state index is -0.765. The molecule has 1 spiro atoms. The average Bonchev–Trinajstić information content (AvgIpc) is 3.96. The number of rotatable bonds is 6. The van der Waals surface area contributed by atoms with Gasteiger partial charge in [-0.1, -0.05) is 133 Å².